The number of halogens is 2. The van der Waals surface area contributed by atoms with Crippen molar-refractivity contribution in [1.82, 2.24) is 0 Å². The van der Waals surface area contributed by atoms with E-state index in [9.17, 15) is 23.7 Å². The van der Waals surface area contributed by atoms with Gasteiger partial charge in [-0.15, -0.1) is 0 Å². The summed E-state index contributed by atoms with van der Waals surface area (Å²) in [7, 11) is 0. The zero-order chi connectivity index (χ0) is 13.2. The van der Waals surface area contributed by atoms with Crippen LogP contribution in [0, 0.1) is 17.0 Å². The summed E-state index contributed by atoms with van der Waals surface area (Å²) in [5, 5.41) is 19.5. The van der Waals surface area contributed by atoms with Crippen LogP contribution in [0.5, 0.6) is 5.75 Å². The summed E-state index contributed by atoms with van der Waals surface area (Å²) in [5.74, 6) is -2.43. The van der Waals surface area contributed by atoms with Crippen molar-refractivity contribution >= 4 is 11.7 Å². The number of nitro groups is 1. The molecule has 0 radical (unpaired) electrons. The second-order valence-corrected chi connectivity index (χ2v) is 3.04. The van der Waals surface area contributed by atoms with Crippen molar-refractivity contribution in [2.45, 2.75) is 13.5 Å². The molecular weight excluding hydrogens is 240 g/mol. The van der Waals surface area contributed by atoms with E-state index >= 15 is 0 Å². The predicted molar refractivity (Wildman–Crippen MR) is 51.4 cm³/mol. The van der Waals surface area contributed by atoms with E-state index in [1.807, 2.05) is 0 Å². The maximum absolute atomic E-state index is 12.0. The number of hydrogen-bond donors (Lipinski definition) is 1. The number of aryl methyl sites for hydroxylation is 1. The first kappa shape index (κ1) is 12.8. The Hall–Kier alpha value is -2.25. The van der Waals surface area contributed by atoms with Crippen molar-refractivity contribution in [1.29, 1.82) is 0 Å². The lowest BCUT2D eigenvalue weighted by molar-refractivity contribution is -0.385. The third kappa shape index (κ3) is 2.65. The lowest BCUT2D eigenvalue weighted by Crippen LogP contribution is -2.11. The van der Waals surface area contributed by atoms with Crippen LogP contribution in [0.15, 0.2) is 12.1 Å². The number of carboxylic acids is 1. The van der Waals surface area contributed by atoms with Crippen LogP contribution in [-0.2, 0) is 0 Å². The molecule has 0 fully saturated rings. The Morgan fingerprint density at radius 2 is 2.12 bits per heavy atom. The Kier molecular flexibility index (Phi) is 3.56. The normalized spacial score (nSPS) is 10.4. The molecule has 17 heavy (non-hydrogen) atoms. The molecule has 0 spiro atoms. The number of aromatic carboxylic acids is 1. The van der Waals surface area contributed by atoms with E-state index in [1.165, 1.54) is 6.92 Å². The quantitative estimate of drug-likeness (QED) is 0.650. The van der Waals surface area contributed by atoms with Gasteiger partial charge in [0.05, 0.1) is 4.92 Å². The van der Waals surface area contributed by atoms with Gasteiger partial charge in [-0.2, -0.15) is 8.78 Å². The number of benzene rings is 1. The third-order valence-corrected chi connectivity index (χ3v) is 1.95. The van der Waals surface area contributed by atoms with E-state index in [2.05, 4.69) is 4.74 Å². The van der Waals surface area contributed by atoms with Crippen molar-refractivity contribution in [2.24, 2.45) is 0 Å². The van der Waals surface area contributed by atoms with E-state index in [4.69, 9.17) is 5.11 Å². The highest BCUT2D eigenvalue weighted by Crippen LogP contribution is 2.32. The maximum Gasteiger partial charge on any atom is 0.387 e. The monoisotopic (exact) mass is 247 g/mol. The molecule has 0 saturated carbocycles. The van der Waals surface area contributed by atoms with Crippen LogP contribution in [0.3, 0.4) is 0 Å². The molecule has 6 nitrogen and oxygen atoms in total. The van der Waals surface area contributed by atoms with Gasteiger partial charge >= 0.3 is 12.6 Å². The first-order chi connectivity index (χ1) is 7.84. The maximum atomic E-state index is 12.0. The molecule has 92 valence electrons. The molecular formula is C9H7F2NO5. The van der Waals surface area contributed by atoms with Crippen LogP contribution < -0.4 is 4.74 Å². The van der Waals surface area contributed by atoms with Gasteiger partial charge in [-0.25, -0.2) is 4.79 Å². The van der Waals surface area contributed by atoms with Gasteiger partial charge in [-0.05, 0) is 19.1 Å². The average molecular weight is 247 g/mol. The third-order valence-electron chi connectivity index (χ3n) is 1.95. The molecule has 0 unspecified atom stereocenters. The number of rotatable bonds is 4. The molecule has 0 aliphatic heterocycles. The van der Waals surface area contributed by atoms with E-state index < -0.39 is 34.5 Å². The summed E-state index contributed by atoms with van der Waals surface area (Å²) in [4.78, 5) is 20.6. The number of ether oxygens (including phenoxy) is 1. The SMILES string of the molecule is Cc1ccc(OC(F)F)c(C(=O)O)c1[N+](=O)[O-]. The van der Waals surface area contributed by atoms with Gasteiger partial charge in [0.2, 0.25) is 0 Å². The van der Waals surface area contributed by atoms with Gasteiger partial charge in [0.1, 0.15) is 5.75 Å². The first-order valence-electron chi connectivity index (χ1n) is 4.30. The summed E-state index contributed by atoms with van der Waals surface area (Å²) in [6, 6.07) is 2.10. The molecule has 0 aliphatic rings. The number of carbonyl (C=O) groups is 1. The average Bonchev–Trinajstić information content (AvgIpc) is 2.18. The standard InChI is InChI=1S/C9H7F2NO5/c1-4-2-3-5(17-9(10)11)6(8(13)14)7(4)12(15)16/h2-3,9H,1H3,(H,13,14). The van der Waals surface area contributed by atoms with E-state index in [-0.39, 0.29) is 5.56 Å². The molecule has 0 saturated heterocycles. The zero-order valence-electron chi connectivity index (χ0n) is 8.52. The number of nitro benzene ring substituents is 1. The van der Waals surface area contributed by atoms with Gasteiger partial charge < -0.3 is 9.84 Å². The lowest BCUT2D eigenvalue weighted by Gasteiger charge is -2.09. The molecule has 0 amide bonds. The largest absolute Gasteiger partial charge is 0.477 e. The van der Waals surface area contributed by atoms with Crippen molar-refractivity contribution < 1.29 is 28.3 Å². The number of carboxylic acid groups (broad SMARTS) is 1. The Bertz CT molecular complexity index is 475. The minimum Gasteiger partial charge on any atom is -0.477 e. The highest BCUT2D eigenvalue weighted by molar-refractivity contribution is 5.96. The van der Waals surface area contributed by atoms with Crippen LogP contribution in [0.1, 0.15) is 15.9 Å². The lowest BCUT2D eigenvalue weighted by atomic mass is 10.1. The van der Waals surface area contributed by atoms with Crippen LogP contribution in [0.4, 0.5) is 14.5 Å². The molecule has 8 heteroatoms. The molecule has 0 heterocycles. The summed E-state index contributed by atoms with van der Waals surface area (Å²) in [6.45, 7) is -1.95. The molecule has 0 bridgehead atoms. The fraction of sp³-hybridized carbons (Fsp3) is 0.222. The highest BCUT2D eigenvalue weighted by atomic mass is 19.3. The number of nitrogens with zero attached hydrogens (tertiary/aromatic N) is 1. The van der Waals surface area contributed by atoms with E-state index in [1.54, 1.807) is 0 Å². The number of hydrogen-bond acceptors (Lipinski definition) is 4. The Balaban J connectivity index is 3.47. The summed E-state index contributed by atoms with van der Waals surface area (Å²) in [5.41, 5.74) is -1.58. The second kappa shape index (κ2) is 4.73. The van der Waals surface area contributed by atoms with Crippen molar-refractivity contribution in [3.63, 3.8) is 0 Å². The molecule has 0 aromatic heterocycles. The second-order valence-electron chi connectivity index (χ2n) is 3.04. The highest BCUT2D eigenvalue weighted by Gasteiger charge is 2.28. The molecule has 1 aromatic rings. The number of alkyl halides is 2. The van der Waals surface area contributed by atoms with Gasteiger partial charge in [0.15, 0.2) is 5.56 Å². The summed E-state index contributed by atoms with van der Waals surface area (Å²) < 4.78 is 28.0. The molecule has 1 N–H and O–H groups in total. The fourth-order valence-electron chi connectivity index (χ4n) is 1.31. The van der Waals surface area contributed by atoms with E-state index in [0.717, 1.165) is 12.1 Å². The topological polar surface area (TPSA) is 89.7 Å². The van der Waals surface area contributed by atoms with Gasteiger partial charge in [0.25, 0.3) is 5.69 Å². The van der Waals surface area contributed by atoms with Gasteiger partial charge in [-0.3, -0.25) is 10.1 Å². The van der Waals surface area contributed by atoms with E-state index in [0.29, 0.717) is 0 Å². The van der Waals surface area contributed by atoms with Crippen molar-refractivity contribution in [3.05, 3.63) is 33.4 Å². The molecule has 0 atom stereocenters. The minimum absolute atomic E-state index is 0.0500. The Morgan fingerprint density at radius 3 is 2.53 bits per heavy atom. The van der Waals surface area contributed by atoms with Crippen LogP contribution in [0.2, 0.25) is 0 Å². The minimum atomic E-state index is -3.25. The van der Waals surface area contributed by atoms with Crippen LogP contribution in [-0.4, -0.2) is 22.6 Å². The summed E-state index contributed by atoms with van der Waals surface area (Å²) in [6.07, 6.45) is 0. The smallest absolute Gasteiger partial charge is 0.387 e. The van der Waals surface area contributed by atoms with Gasteiger partial charge in [0, 0.05) is 5.56 Å². The first-order valence-corrected chi connectivity index (χ1v) is 4.30. The summed E-state index contributed by atoms with van der Waals surface area (Å²) >= 11 is 0. The molecule has 1 aromatic carbocycles. The predicted octanol–water partition coefficient (Wildman–Crippen LogP) is 2.20. The fourth-order valence-corrected chi connectivity index (χ4v) is 1.31. The molecule has 0 aliphatic carbocycles. The Morgan fingerprint density at radius 1 is 1.53 bits per heavy atom. The van der Waals surface area contributed by atoms with Crippen LogP contribution in [0.25, 0.3) is 0 Å². The zero-order valence-corrected chi connectivity index (χ0v) is 8.52. The van der Waals surface area contributed by atoms with Crippen LogP contribution >= 0.6 is 0 Å². The van der Waals surface area contributed by atoms with Gasteiger partial charge in [-0.1, -0.05) is 0 Å². The van der Waals surface area contributed by atoms with Crippen molar-refractivity contribution in [3.8, 4) is 5.75 Å². The van der Waals surface area contributed by atoms with Crippen molar-refractivity contribution in [2.75, 3.05) is 0 Å². The Labute approximate surface area is 93.6 Å². The molecule has 1 rings (SSSR count).